The van der Waals surface area contributed by atoms with Crippen molar-refractivity contribution in [1.82, 2.24) is 4.98 Å². The summed E-state index contributed by atoms with van der Waals surface area (Å²) in [6.07, 6.45) is 2.30. The van der Waals surface area contributed by atoms with Crippen LogP contribution in [-0.2, 0) is 49.9 Å². The van der Waals surface area contributed by atoms with Crippen molar-refractivity contribution in [1.29, 1.82) is 0 Å². The maximum absolute atomic E-state index is 12.4. The smallest absolute Gasteiger partial charge is 0.323 e. The van der Waals surface area contributed by atoms with Gasteiger partial charge in [-0.05, 0) is 34.6 Å². The Morgan fingerprint density at radius 2 is 1.88 bits per heavy atom. The average molecular weight is 327 g/mol. The Balaban J connectivity index is 1.93. The van der Waals surface area contributed by atoms with Crippen LogP contribution in [0.1, 0.15) is 22.4 Å². The monoisotopic (exact) mass is 327 g/mol. The predicted octanol–water partition coefficient (Wildman–Crippen LogP) is 1.70. The number of carbonyl (C=O) groups excluding carboxylic acids is 2. The topological polar surface area (TPSA) is 74.7 Å². The Morgan fingerprint density at radius 3 is 2.58 bits per heavy atom. The Kier molecular flexibility index (Phi) is 3.31. The van der Waals surface area contributed by atoms with E-state index in [1.165, 1.54) is 14.2 Å². The molecule has 6 nitrogen and oxygen atoms in total. The van der Waals surface area contributed by atoms with Crippen molar-refractivity contribution in [2.45, 2.75) is 26.1 Å². The maximum Gasteiger partial charge on any atom is 0.323 e. The van der Waals surface area contributed by atoms with Crippen LogP contribution in [0.4, 0.5) is 0 Å². The third-order valence-electron chi connectivity index (χ3n) is 5.05. The molecule has 0 fully saturated rings. The van der Waals surface area contributed by atoms with Crippen LogP contribution in [0.15, 0.2) is 18.3 Å². The first kappa shape index (κ1) is 15.1. The molecule has 2 aliphatic rings. The van der Waals surface area contributed by atoms with Gasteiger partial charge in [-0.25, -0.2) is 0 Å². The van der Waals surface area contributed by atoms with Gasteiger partial charge in [-0.15, -0.1) is 0 Å². The molecule has 0 saturated heterocycles. The summed E-state index contributed by atoms with van der Waals surface area (Å²) in [5.41, 5.74) is 2.55. The van der Waals surface area contributed by atoms with Crippen LogP contribution < -0.4 is 0 Å². The highest BCUT2D eigenvalue weighted by Gasteiger charge is 2.53. The second kappa shape index (κ2) is 5.27. The molecule has 1 aromatic heterocycles. The van der Waals surface area contributed by atoms with Gasteiger partial charge in [0.25, 0.3) is 0 Å². The lowest BCUT2D eigenvalue weighted by atomic mass is 9.84. The van der Waals surface area contributed by atoms with Gasteiger partial charge >= 0.3 is 11.9 Å². The molecule has 0 bridgehead atoms. The minimum atomic E-state index is -1.31. The lowest BCUT2D eigenvalue weighted by Gasteiger charge is -2.23. The highest BCUT2D eigenvalue weighted by Crippen LogP contribution is 2.44. The molecule has 0 spiro atoms. The van der Waals surface area contributed by atoms with Gasteiger partial charge in [-0.2, -0.15) is 0 Å². The van der Waals surface area contributed by atoms with Crippen molar-refractivity contribution in [3.8, 4) is 0 Å². The number of aromatic nitrogens is 1. The van der Waals surface area contributed by atoms with Gasteiger partial charge in [0, 0.05) is 18.0 Å². The van der Waals surface area contributed by atoms with E-state index in [9.17, 15) is 9.59 Å². The van der Waals surface area contributed by atoms with Crippen LogP contribution in [0.2, 0.25) is 0 Å². The zero-order valence-corrected chi connectivity index (χ0v) is 13.5. The average Bonchev–Trinajstić information content (AvgIpc) is 3.01. The van der Waals surface area contributed by atoms with Crippen molar-refractivity contribution < 1.29 is 23.8 Å². The van der Waals surface area contributed by atoms with E-state index in [1.54, 1.807) is 6.20 Å². The van der Waals surface area contributed by atoms with E-state index in [0.717, 1.165) is 33.2 Å². The number of pyridine rings is 1. The third kappa shape index (κ3) is 1.89. The predicted molar refractivity (Wildman–Crippen MR) is 84.1 cm³/mol. The lowest BCUT2D eigenvalue weighted by Crippen LogP contribution is -2.42. The number of hydrogen-bond acceptors (Lipinski definition) is 6. The number of carbonyl (C=O) groups is 2. The first-order valence-electron chi connectivity index (χ1n) is 7.76. The molecule has 2 heterocycles. The largest absolute Gasteiger partial charge is 0.468 e. The van der Waals surface area contributed by atoms with Gasteiger partial charge in [-0.1, -0.05) is 6.07 Å². The van der Waals surface area contributed by atoms with Crippen LogP contribution in [-0.4, -0.2) is 31.1 Å². The zero-order chi connectivity index (χ0) is 16.9. The van der Waals surface area contributed by atoms with E-state index >= 15 is 0 Å². The highest BCUT2D eigenvalue weighted by atomic mass is 16.5. The number of benzene rings is 1. The van der Waals surface area contributed by atoms with Crippen molar-refractivity contribution in [2.75, 3.05) is 14.2 Å². The minimum absolute atomic E-state index is 0.268. The molecule has 6 heteroatoms. The first-order chi connectivity index (χ1) is 11.6. The minimum Gasteiger partial charge on any atom is -0.468 e. The quantitative estimate of drug-likeness (QED) is 0.617. The number of hydrogen-bond donors (Lipinski definition) is 0. The summed E-state index contributed by atoms with van der Waals surface area (Å²) in [5, 5.41) is 2.13. The molecule has 1 aliphatic heterocycles. The van der Waals surface area contributed by atoms with Crippen molar-refractivity contribution >= 4 is 22.7 Å². The number of nitrogens with zero attached hydrogens (tertiary/aromatic N) is 1. The molecule has 0 N–H and O–H groups in total. The first-order valence-corrected chi connectivity index (χ1v) is 7.76. The Hall–Kier alpha value is -2.47. The molecule has 124 valence electrons. The number of ether oxygens (including phenoxy) is 3. The standard InChI is InChI=1S/C18H17NO5/c1-22-16(20)18(17(21)23-2)6-11-5-10-3-4-19-14-9-24-8-13(15(10)14)12(11)7-18/h3-5H,6-9H2,1-2H3. The summed E-state index contributed by atoms with van der Waals surface area (Å²) >= 11 is 0. The van der Waals surface area contributed by atoms with Gasteiger partial charge in [0.1, 0.15) is 0 Å². The molecule has 0 radical (unpaired) electrons. The molecule has 0 unspecified atom stereocenters. The second-order valence-corrected chi connectivity index (χ2v) is 6.26. The molecule has 24 heavy (non-hydrogen) atoms. The molecular weight excluding hydrogens is 310 g/mol. The summed E-state index contributed by atoms with van der Waals surface area (Å²) in [6.45, 7) is 0.930. The van der Waals surface area contributed by atoms with E-state index in [0.29, 0.717) is 13.2 Å². The van der Waals surface area contributed by atoms with E-state index in [2.05, 4.69) is 4.98 Å². The fourth-order valence-corrected chi connectivity index (χ4v) is 3.96. The van der Waals surface area contributed by atoms with Crippen LogP contribution in [0.25, 0.3) is 10.8 Å². The number of rotatable bonds is 2. The summed E-state index contributed by atoms with van der Waals surface area (Å²) < 4.78 is 15.5. The molecule has 1 aliphatic carbocycles. The third-order valence-corrected chi connectivity index (χ3v) is 5.05. The summed E-state index contributed by atoms with van der Waals surface area (Å²) in [5.74, 6) is -1.12. The Morgan fingerprint density at radius 1 is 1.12 bits per heavy atom. The van der Waals surface area contributed by atoms with E-state index in [1.807, 2.05) is 12.1 Å². The van der Waals surface area contributed by atoms with Gasteiger partial charge in [0.2, 0.25) is 0 Å². The van der Waals surface area contributed by atoms with E-state index < -0.39 is 17.4 Å². The van der Waals surface area contributed by atoms with E-state index in [-0.39, 0.29) is 12.8 Å². The summed E-state index contributed by atoms with van der Waals surface area (Å²) in [4.78, 5) is 29.2. The van der Waals surface area contributed by atoms with Gasteiger partial charge < -0.3 is 14.2 Å². The summed E-state index contributed by atoms with van der Waals surface area (Å²) in [7, 11) is 2.59. The molecule has 1 aromatic carbocycles. The molecule has 0 saturated carbocycles. The normalized spacial score (nSPS) is 17.4. The van der Waals surface area contributed by atoms with Crippen LogP contribution in [0.3, 0.4) is 0 Å². The van der Waals surface area contributed by atoms with Gasteiger partial charge in [0.15, 0.2) is 5.41 Å². The number of methoxy groups -OCH3 is 2. The Bertz CT molecular complexity index is 857. The van der Waals surface area contributed by atoms with Gasteiger partial charge in [0.05, 0.1) is 33.1 Å². The van der Waals surface area contributed by atoms with Crippen molar-refractivity contribution in [2.24, 2.45) is 5.41 Å². The zero-order valence-electron chi connectivity index (χ0n) is 13.5. The van der Waals surface area contributed by atoms with Crippen LogP contribution in [0, 0.1) is 5.41 Å². The molecule has 0 atom stereocenters. The number of esters is 2. The lowest BCUT2D eigenvalue weighted by molar-refractivity contribution is -0.168. The Labute approximate surface area is 138 Å². The number of fused-ring (bicyclic) bond motifs is 2. The van der Waals surface area contributed by atoms with Gasteiger partial charge in [-0.3, -0.25) is 14.6 Å². The maximum atomic E-state index is 12.4. The second-order valence-electron chi connectivity index (χ2n) is 6.26. The fourth-order valence-electron chi connectivity index (χ4n) is 3.96. The van der Waals surface area contributed by atoms with Crippen molar-refractivity contribution in [3.63, 3.8) is 0 Å². The van der Waals surface area contributed by atoms with Crippen molar-refractivity contribution in [3.05, 3.63) is 40.7 Å². The molecule has 0 amide bonds. The highest BCUT2D eigenvalue weighted by molar-refractivity contribution is 6.02. The van der Waals surface area contributed by atoms with Crippen LogP contribution in [0.5, 0.6) is 0 Å². The molecule has 4 rings (SSSR count). The SMILES string of the molecule is COC(=O)C1(C(=O)OC)Cc2cc3ccnc4c3c(c2C1)COC4. The molecule has 2 aromatic rings. The van der Waals surface area contributed by atoms with Crippen LogP contribution >= 0.6 is 0 Å². The van der Waals surface area contributed by atoms with E-state index in [4.69, 9.17) is 14.2 Å². The molecular formula is C18H17NO5. The fraction of sp³-hybridized carbons (Fsp3) is 0.389. The summed E-state index contributed by atoms with van der Waals surface area (Å²) in [6, 6.07) is 3.99.